The van der Waals surface area contributed by atoms with Crippen molar-refractivity contribution in [2.24, 2.45) is 0 Å². The van der Waals surface area contributed by atoms with Gasteiger partial charge in [-0.3, -0.25) is 9.69 Å². The number of amides is 1. The molecule has 0 radical (unpaired) electrons. The molecule has 0 aromatic heterocycles. The van der Waals surface area contributed by atoms with E-state index in [4.69, 9.17) is 21.1 Å². The standard InChI is InChI=1S/C20H23ClN2O3/c1-25-18-8-3-15(13-19(18)26-2)14-22-9-11-23(12-10-22)20(24)16-4-6-17(21)7-5-16/h3-8,13H,9-12,14H2,1-2H3. The third kappa shape index (κ3) is 4.29. The molecule has 26 heavy (non-hydrogen) atoms. The van der Waals surface area contributed by atoms with Crippen molar-refractivity contribution < 1.29 is 14.3 Å². The van der Waals surface area contributed by atoms with E-state index in [9.17, 15) is 4.79 Å². The first-order valence-corrected chi connectivity index (χ1v) is 8.96. The molecule has 1 aliphatic rings. The predicted molar refractivity (Wildman–Crippen MR) is 102 cm³/mol. The highest BCUT2D eigenvalue weighted by atomic mass is 35.5. The molecule has 0 saturated carbocycles. The Hall–Kier alpha value is -2.24. The average Bonchev–Trinajstić information content (AvgIpc) is 2.68. The third-order valence-electron chi connectivity index (χ3n) is 4.60. The summed E-state index contributed by atoms with van der Waals surface area (Å²) >= 11 is 5.89. The van der Waals surface area contributed by atoms with Gasteiger partial charge in [-0.2, -0.15) is 0 Å². The highest BCUT2D eigenvalue weighted by Gasteiger charge is 2.22. The van der Waals surface area contributed by atoms with Crippen LogP contribution in [0.15, 0.2) is 42.5 Å². The molecule has 0 aliphatic carbocycles. The fourth-order valence-electron chi connectivity index (χ4n) is 3.12. The van der Waals surface area contributed by atoms with Gasteiger partial charge in [0.2, 0.25) is 0 Å². The molecule has 6 heteroatoms. The van der Waals surface area contributed by atoms with Gasteiger partial charge in [-0.05, 0) is 42.0 Å². The number of methoxy groups -OCH3 is 2. The molecule has 1 fully saturated rings. The van der Waals surface area contributed by atoms with E-state index in [0.29, 0.717) is 10.6 Å². The second-order valence-corrected chi connectivity index (χ2v) is 6.70. The molecule has 0 bridgehead atoms. The Morgan fingerprint density at radius 1 is 0.962 bits per heavy atom. The van der Waals surface area contributed by atoms with Crippen LogP contribution in [0, 0.1) is 0 Å². The zero-order chi connectivity index (χ0) is 18.5. The van der Waals surface area contributed by atoms with Gasteiger partial charge in [-0.15, -0.1) is 0 Å². The maximum atomic E-state index is 12.6. The number of ether oxygens (including phenoxy) is 2. The van der Waals surface area contributed by atoms with Gasteiger partial charge in [0.05, 0.1) is 14.2 Å². The SMILES string of the molecule is COc1ccc(CN2CCN(C(=O)c3ccc(Cl)cc3)CC2)cc1OC. The summed E-state index contributed by atoms with van der Waals surface area (Å²) in [5.74, 6) is 1.53. The Balaban J connectivity index is 1.57. The maximum Gasteiger partial charge on any atom is 0.253 e. The molecule has 0 spiro atoms. The van der Waals surface area contributed by atoms with Crippen LogP contribution in [0.4, 0.5) is 0 Å². The predicted octanol–water partition coefficient (Wildman–Crippen LogP) is 3.32. The van der Waals surface area contributed by atoms with E-state index in [-0.39, 0.29) is 5.91 Å². The molecular weight excluding hydrogens is 352 g/mol. The van der Waals surface area contributed by atoms with Crippen LogP contribution in [0.5, 0.6) is 11.5 Å². The van der Waals surface area contributed by atoms with Crippen molar-refractivity contribution in [1.82, 2.24) is 9.80 Å². The quantitative estimate of drug-likeness (QED) is 0.805. The van der Waals surface area contributed by atoms with Gasteiger partial charge in [0.15, 0.2) is 11.5 Å². The van der Waals surface area contributed by atoms with E-state index in [1.165, 1.54) is 5.56 Å². The number of carbonyl (C=O) groups is 1. The van der Waals surface area contributed by atoms with Crippen molar-refractivity contribution >= 4 is 17.5 Å². The molecule has 1 saturated heterocycles. The molecule has 2 aromatic carbocycles. The summed E-state index contributed by atoms with van der Waals surface area (Å²) in [6, 6.07) is 13.0. The molecule has 0 atom stereocenters. The smallest absolute Gasteiger partial charge is 0.253 e. The van der Waals surface area contributed by atoms with Crippen LogP contribution in [-0.2, 0) is 6.54 Å². The molecule has 1 heterocycles. The summed E-state index contributed by atoms with van der Waals surface area (Å²) in [6.07, 6.45) is 0. The Morgan fingerprint density at radius 2 is 1.62 bits per heavy atom. The van der Waals surface area contributed by atoms with E-state index in [2.05, 4.69) is 4.90 Å². The Kier molecular flexibility index (Phi) is 6.01. The lowest BCUT2D eigenvalue weighted by Crippen LogP contribution is -2.48. The lowest BCUT2D eigenvalue weighted by Gasteiger charge is -2.34. The zero-order valence-electron chi connectivity index (χ0n) is 15.1. The number of piperazine rings is 1. The number of rotatable bonds is 5. The molecule has 2 aromatic rings. The van der Waals surface area contributed by atoms with E-state index >= 15 is 0 Å². The van der Waals surface area contributed by atoms with E-state index in [0.717, 1.165) is 44.2 Å². The van der Waals surface area contributed by atoms with Gasteiger partial charge >= 0.3 is 0 Å². The van der Waals surface area contributed by atoms with Gasteiger partial charge in [-0.25, -0.2) is 0 Å². The van der Waals surface area contributed by atoms with E-state index in [1.807, 2.05) is 23.1 Å². The number of halogens is 1. The summed E-state index contributed by atoms with van der Waals surface area (Å²) in [5, 5.41) is 0.640. The highest BCUT2D eigenvalue weighted by molar-refractivity contribution is 6.30. The topological polar surface area (TPSA) is 42.0 Å². The van der Waals surface area contributed by atoms with Crippen LogP contribution >= 0.6 is 11.6 Å². The number of carbonyl (C=O) groups excluding carboxylic acids is 1. The summed E-state index contributed by atoms with van der Waals surface area (Å²) in [4.78, 5) is 16.8. The summed E-state index contributed by atoms with van der Waals surface area (Å²) < 4.78 is 10.6. The molecule has 138 valence electrons. The molecule has 1 aliphatic heterocycles. The van der Waals surface area contributed by atoms with Crippen LogP contribution in [0.2, 0.25) is 5.02 Å². The largest absolute Gasteiger partial charge is 0.493 e. The fourth-order valence-corrected chi connectivity index (χ4v) is 3.25. The minimum absolute atomic E-state index is 0.0624. The lowest BCUT2D eigenvalue weighted by molar-refractivity contribution is 0.0628. The number of hydrogen-bond donors (Lipinski definition) is 0. The second kappa shape index (κ2) is 8.43. The van der Waals surface area contributed by atoms with Crippen molar-refractivity contribution in [2.45, 2.75) is 6.54 Å². The Bertz CT molecular complexity index is 756. The normalized spacial score (nSPS) is 15.0. The lowest BCUT2D eigenvalue weighted by atomic mass is 10.1. The van der Waals surface area contributed by atoms with Crippen molar-refractivity contribution in [3.63, 3.8) is 0 Å². The first-order valence-electron chi connectivity index (χ1n) is 8.59. The van der Waals surface area contributed by atoms with Crippen molar-refractivity contribution in [3.05, 3.63) is 58.6 Å². The second-order valence-electron chi connectivity index (χ2n) is 6.26. The van der Waals surface area contributed by atoms with Crippen molar-refractivity contribution in [3.8, 4) is 11.5 Å². The molecular formula is C20H23ClN2O3. The van der Waals surface area contributed by atoms with Crippen LogP contribution in [0.1, 0.15) is 15.9 Å². The monoisotopic (exact) mass is 374 g/mol. The summed E-state index contributed by atoms with van der Waals surface area (Å²) in [7, 11) is 3.28. The fraction of sp³-hybridized carbons (Fsp3) is 0.350. The van der Waals surface area contributed by atoms with Crippen LogP contribution in [-0.4, -0.2) is 56.1 Å². The summed E-state index contributed by atoms with van der Waals surface area (Å²) in [5.41, 5.74) is 1.85. The minimum atomic E-state index is 0.0624. The number of hydrogen-bond acceptors (Lipinski definition) is 4. The molecule has 3 rings (SSSR count). The van der Waals surface area contributed by atoms with Gasteiger partial charge in [0, 0.05) is 43.3 Å². The van der Waals surface area contributed by atoms with Crippen LogP contribution in [0.3, 0.4) is 0 Å². The first-order chi connectivity index (χ1) is 12.6. The maximum absolute atomic E-state index is 12.6. The molecule has 1 amide bonds. The van der Waals surface area contributed by atoms with Gasteiger partial charge in [0.25, 0.3) is 5.91 Å². The Labute approximate surface area is 159 Å². The van der Waals surface area contributed by atoms with E-state index in [1.54, 1.807) is 38.5 Å². The van der Waals surface area contributed by atoms with Crippen LogP contribution in [0.25, 0.3) is 0 Å². The Morgan fingerprint density at radius 3 is 2.23 bits per heavy atom. The summed E-state index contributed by atoms with van der Waals surface area (Å²) in [6.45, 7) is 3.94. The van der Waals surface area contributed by atoms with Gasteiger partial charge < -0.3 is 14.4 Å². The van der Waals surface area contributed by atoms with Gasteiger partial charge in [0.1, 0.15) is 0 Å². The first kappa shape index (κ1) is 18.5. The average molecular weight is 375 g/mol. The minimum Gasteiger partial charge on any atom is -0.493 e. The third-order valence-corrected chi connectivity index (χ3v) is 4.86. The molecule has 0 unspecified atom stereocenters. The number of benzene rings is 2. The van der Waals surface area contributed by atoms with E-state index < -0.39 is 0 Å². The van der Waals surface area contributed by atoms with Gasteiger partial charge in [-0.1, -0.05) is 17.7 Å². The van der Waals surface area contributed by atoms with Crippen molar-refractivity contribution in [2.75, 3.05) is 40.4 Å². The zero-order valence-corrected chi connectivity index (χ0v) is 15.8. The highest BCUT2D eigenvalue weighted by Crippen LogP contribution is 2.28. The molecule has 5 nitrogen and oxygen atoms in total. The van der Waals surface area contributed by atoms with Crippen LogP contribution < -0.4 is 9.47 Å². The van der Waals surface area contributed by atoms with Crippen molar-refractivity contribution in [1.29, 1.82) is 0 Å². The number of nitrogens with zero attached hydrogens (tertiary/aromatic N) is 2. The molecule has 0 N–H and O–H groups in total.